The maximum Gasteiger partial charge on any atom is 0.287 e. The zero-order valence-electron chi connectivity index (χ0n) is 7.19. The van der Waals surface area contributed by atoms with E-state index in [1.807, 2.05) is 0 Å². The Balaban J connectivity index is 2.31. The Morgan fingerprint density at radius 1 is 1.62 bits per heavy atom. The highest BCUT2D eigenvalue weighted by Crippen LogP contribution is 1.98. The van der Waals surface area contributed by atoms with E-state index in [1.54, 1.807) is 24.3 Å². The van der Waals surface area contributed by atoms with Gasteiger partial charge in [-0.3, -0.25) is 4.79 Å². The van der Waals surface area contributed by atoms with E-state index in [0.29, 0.717) is 18.8 Å². The van der Waals surface area contributed by atoms with Crippen molar-refractivity contribution in [2.75, 3.05) is 13.1 Å². The minimum atomic E-state index is -0.216. The largest absolute Gasteiger partial charge is 0.459 e. The summed E-state index contributed by atoms with van der Waals surface area (Å²) in [6, 6.07) is 3.28. The predicted octanol–water partition coefficient (Wildman–Crippen LogP) is 0.524. The Kier molecular flexibility index (Phi) is 3.78. The van der Waals surface area contributed by atoms with Gasteiger partial charge in [0.2, 0.25) is 0 Å². The lowest BCUT2D eigenvalue weighted by atomic mass is 10.4. The van der Waals surface area contributed by atoms with Crippen molar-refractivity contribution in [3.63, 3.8) is 0 Å². The number of nitrogens with two attached hydrogens (primary N) is 1. The number of furan rings is 1. The lowest BCUT2D eigenvalue weighted by molar-refractivity contribution is 0.0930. The minimum absolute atomic E-state index is 0.216. The molecular formula is C9H12N2O2. The Hall–Kier alpha value is -1.55. The van der Waals surface area contributed by atoms with Gasteiger partial charge in [0.1, 0.15) is 0 Å². The topological polar surface area (TPSA) is 68.3 Å². The number of carbonyl (C=O) groups is 1. The van der Waals surface area contributed by atoms with Crippen LogP contribution in [0.4, 0.5) is 0 Å². The quantitative estimate of drug-likeness (QED) is 0.664. The highest BCUT2D eigenvalue weighted by atomic mass is 16.3. The third-order valence-electron chi connectivity index (χ3n) is 1.43. The second-order valence-electron chi connectivity index (χ2n) is 2.39. The van der Waals surface area contributed by atoms with Crippen molar-refractivity contribution in [3.05, 3.63) is 36.3 Å². The van der Waals surface area contributed by atoms with Gasteiger partial charge in [-0.2, -0.15) is 0 Å². The molecule has 0 unspecified atom stereocenters. The van der Waals surface area contributed by atoms with Crippen LogP contribution in [0.3, 0.4) is 0 Å². The fourth-order valence-electron chi connectivity index (χ4n) is 0.826. The van der Waals surface area contributed by atoms with E-state index in [9.17, 15) is 4.79 Å². The number of nitrogens with one attached hydrogen (secondary N) is 1. The summed E-state index contributed by atoms with van der Waals surface area (Å²) in [7, 11) is 0. The molecule has 1 rings (SSSR count). The van der Waals surface area contributed by atoms with Gasteiger partial charge < -0.3 is 15.5 Å². The second kappa shape index (κ2) is 5.16. The third-order valence-corrected chi connectivity index (χ3v) is 1.43. The molecule has 0 aliphatic carbocycles. The van der Waals surface area contributed by atoms with Crippen LogP contribution in [0.25, 0.3) is 0 Å². The Bertz CT molecular complexity index is 278. The summed E-state index contributed by atoms with van der Waals surface area (Å²) >= 11 is 0. The molecule has 0 aromatic carbocycles. The highest BCUT2D eigenvalue weighted by Gasteiger charge is 2.04. The van der Waals surface area contributed by atoms with Crippen molar-refractivity contribution < 1.29 is 9.21 Å². The van der Waals surface area contributed by atoms with Crippen LogP contribution < -0.4 is 11.1 Å². The standard InChI is InChI=1S/C9H12N2O2/c10-5-1-2-6-11-9(12)8-4-3-7-13-8/h1-4,7H,5-6,10H2,(H,11,12)/b2-1+. The van der Waals surface area contributed by atoms with Crippen molar-refractivity contribution in [3.8, 4) is 0 Å². The van der Waals surface area contributed by atoms with Crippen LogP contribution in [-0.4, -0.2) is 19.0 Å². The Labute approximate surface area is 76.4 Å². The lowest BCUT2D eigenvalue weighted by Gasteiger charge is -1.97. The smallest absolute Gasteiger partial charge is 0.287 e. The number of rotatable bonds is 4. The first-order valence-corrected chi connectivity index (χ1v) is 4.01. The zero-order chi connectivity index (χ0) is 9.52. The molecule has 4 heteroatoms. The van der Waals surface area contributed by atoms with Gasteiger partial charge in [-0.25, -0.2) is 0 Å². The zero-order valence-corrected chi connectivity index (χ0v) is 7.19. The molecule has 1 aromatic rings. The maximum atomic E-state index is 11.2. The number of hydrogen-bond donors (Lipinski definition) is 2. The fourth-order valence-corrected chi connectivity index (χ4v) is 0.826. The molecule has 0 atom stereocenters. The Morgan fingerprint density at radius 2 is 2.46 bits per heavy atom. The molecule has 0 aliphatic rings. The summed E-state index contributed by atoms with van der Waals surface area (Å²) in [5, 5.41) is 2.64. The summed E-state index contributed by atoms with van der Waals surface area (Å²) in [6.45, 7) is 0.952. The van der Waals surface area contributed by atoms with Crippen molar-refractivity contribution in [1.29, 1.82) is 0 Å². The van der Waals surface area contributed by atoms with Crippen LogP contribution in [0.5, 0.6) is 0 Å². The highest BCUT2D eigenvalue weighted by molar-refractivity contribution is 5.91. The fraction of sp³-hybridized carbons (Fsp3) is 0.222. The molecule has 1 amide bonds. The molecule has 4 nitrogen and oxygen atoms in total. The van der Waals surface area contributed by atoms with Crippen LogP contribution in [0, 0.1) is 0 Å². The summed E-state index contributed by atoms with van der Waals surface area (Å²) in [5.74, 6) is 0.104. The van der Waals surface area contributed by atoms with E-state index in [1.165, 1.54) is 6.26 Å². The predicted molar refractivity (Wildman–Crippen MR) is 49.2 cm³/mol. The molecule has 13 heavy (non-hydrogen) atoms. The Morgan fingerprint density at radius 3 is 3.08 bits per heavy atom. The minimum Gasteiger partial charge on any atom is -0.459 e. The first-order chi connectivity index (χ1) is 6.34. The molecule has 0 radical (unpaired) electrons. The molecule has 0 aliphatic heterocycles. The lowest BCUT2D eigenvalue weighted by Crippen LogP contribution is -2.22. The number of carbonyl (C=O) groups excluding carboxylic acids is 1. The van der Waals surface area contributed by atoms with Gasteiger partial charge in [0, 0.05) is 13.1 Å². The molecule has 0 spiro atoms. The van der Waals surface area contributed by atoms with Gasteiger partial charge in [0.25, 0.3) is 5.91 Å². The molecule has 0 fully saturated rings. The van der Waals surface area contributed by atoms with E-state index < -0.39 is 0 Å². The van der Waals surface area contributed by atoms with Crippen molar-refractivity contribution in [2.45, 2.75) is 0 Å². The molecule has 1 aromatic heterocycles. The monoisotopic (exact) mass is 180 g/mol. The van der Waals surface area contributed by atoms with Gasteiger partial charge in [-0.15, -0.1) is 0 Å². The van der Waals surface area contributed by atoms with Gasteiger partial charge in [-0.05, 0) is 12.1 Å². The summed E-state index contributed by atoms with van der Waals surface area (Å²) in [4.78, 5) is 11.2. The van der Waals surface area contributed by atoms with Crippen LogP contribution in [0.2, 0.25) is 0 Å². The maximum absolute atomic E-state index is 11.2. The average molecular weight is 180 g/mol. The molecule has 0 saturated carbocycles. The van der Waals surface area contributed by atoms with Crippen LogP contribution in [-0.2, 0) is 0 Å². The van der Waals surface area contributed by atoms with Crippen LogP contribution in [0.1, 0.15) is 10.6 Å². The van der Waals surface area contributed by atoms with Crippen LogP contribution in [0.15, 0.2) is 35.0 Å². The third kappa shape index (κ3) is 3.13. The van der Waals surface area contributed by atoms with Gasteiger partial charge in [0.15, 0.2) is 5.76 Å². The molecule has 3 N–H and O–H groups in total. The SMILES string of the molecule is NC/C=C/CNC(=O)c1ccco1. The summed E-state index contributed by atoms with van der Waals surface area (Å²) < 4.78 is 4.89. The molecular weight excluding hydrogens is 168 g/mol. The summed E-state index contributed by atoms with van der Waals surface area (Å²) in [5.41, 5.74) is 5.22. The van der Waals surface area contributed by atoms with Crippen molar-refractivity contribution in [1.82, 2.24) is 5.32 Å². The average Bonchev–Trinajstić information content (AvgIpc) is 2.65. The first kappa shape index (κ1) is 9.54. The molecule has 1 heterocycles. The number of hydrogen-bond acceptors (Lipinski definition) is 3. The normalized spacial score (nSPS) is 10.5. The van der Waals surface area contributed by atoms with Crippen molar-refractivity contribution in [2.24, 2.45) is 5.73 Å². The van der Waals surface area contributed by atoms with Gasteiger partial charge >= 0.3 is 0 Å². The van der Waals surface area contributed by atoms with E-state index in [4.69, 9.17) is 10.2 Å². The van der Waals surface area contributed by atoms with E-state index >= 15 is 0 Å². The molecule has 0 bridgehead atoms. The summed E-state index contributed by atoms with van der Waals surface area (Å²) in [6.07, 6.45) is 5.04. The molecule has 0 saturated heterocycles. The second-order valence-corrected chi connectivity index (χ2v) is 2.39. The van der Waals surface area contributed by atoms with E-state index in [-0.39, 0.29) is 5.91 Å². The number of amides is 1. The van der Waals surface area contributed by atoms with Crippen LogP contribution >= 0.6 is 0 Å². The first-order valence-electron chi connectivity index (χ1n) is 4.01. The van der Waals surface area contributed by atoms with E-state index in [2.05, 4.69) is 5.32 Å². The van der Waals surface area contributed by atoms with Gasteiger partial charge in [-0.1, -0.05) is 12.2 Å². The van der Waals surface area contributed by atoms with Crippen molar-refractivity contribution >= 4 is 5.91 Å². The van der Waals surface area contributed by atoms with Gasteiger partial charge in [0.05, 0.1) is 6.26 Å². The van der Waals surface area contributed by atoms with E-state index in [0.717, 1.165) is 0 Å². The molecule has 70 valence electrons.